The summed E-state index contributed by atoms with van der Waals surface area (Å²) in [4.78, 5) is 32.6. The Bertz CT molecular complexity index is 2430. The van der Waals surface area contributed by atoms with Crippen LogP contribution < -0.4 is 4.74 Å². The van der Waals surface area contributed by atoms with Crippen molar-refractivity contribution in [2.75, 3.05) is 13.1 Å². The molecule has 0 radical (unpaired) electrons. The number of amides is 1. The second kappa shape index (κ2) is 12.9. The number of nitrogens with zero attached hydrogens (tertiary/aromatic N) is 1. The lowest BCUT2D eigenvalue weighted by atomic mass is 9.32. The van der Waals surface area contributed by atoms with Crippen LogP contribution in [0.15, 0.2) is 96.6 Å². The fourth-order valence-electron chi connectivity index (χ4n) is 15.2. The van der Waals surface area contributed by atoms with Crippen LogP contribution in [0.3, 0.4) is 0 Å². The molecule has 1 unspecified atom stereocenters. The highest BCUT2D eigenvalue weighted by atomic mass is 32.1. The van der Waals surface area contributed by atoms with E-state index in [-0.39, 0.29) is 46.5 Å². The Morgan fingerprint density at radius 1 is 0.814 bits per heavy atom. The van der Waals surface area contributed by atoms with Gasteiger partial charge in [0, 0.05) is 33.1 Å². The van der Waals surface area contributed by atoms with Gasteiger partial charge in [0.25, 0.3) is 0 Å². The van der Waals surface area contributed by atoms with Crippen molar-refractivity contribution in [1.82, 2.24) is 4.90 Å². The van der Waals surface area contributed by atoms with Gasteiger partial charge in [-0.25, -0.2) is 4.79 Å². The number of aliphatic hydroxyl groups excluding tert-OH is 1. The van der Waals surface area contributed by atoms with E-state index in [2.05, 4.69) is 70.2 Å². The van der Waals surface area contributed by atoms with E-state index >= 15 is 4.79 Å². The van der Waals surface area contributed by atoms with Crippen LogP contribution >= 0.6 is 11.3 Å². The van der Waals surface area contributed by atoms with Crippen molar-refractivity contribution in [2.24, 2.45) is 56.7 Å². The fourth-order valence-corrected chi connectivity index (χ4v) is 16.2. The number of benzene rings is 3. The van der Waals surface area contributed by atoms with Gasteiger partial charge in [-0.1, -0.05) is 94.5 Å². The molecule has 11 atom stereocenters. The van der Waals surface area contributed by atoms with Crippen molar-refractivity contribution in [3.8, 4) is 5.75 Å². The predicted octanol–water partition coefficient (Wildman–Crippen LogP) is 11.4. The summed E-state index contributed by atoms with van der Waals surface area (Å²) in [5.41, 5.74) is -1.68. The Morgan fingerprint density at radius 3 is 2.32 bits per heavy atom. The van der Waals surface area contributed by atoms with E-state index in [1.54, 1.807) is 11.3 Å². The van der Waals surface area contributed by atoms with Crippen LogP contribution in [0, 0.1) is 56.7 Å². The van der Waals surface area contributed by atoms with Gasteiger partial charge in [-0.15, -0.1) is 11.3 Å². The average molecular weight is 810 g/mol. The highest BCUT2D eigenvalue weighted by molar-refractivity contribution is 7.21. The van der Waals surface area contributed by atoms with Crippen LogP contribution in [-0.2, 0) is 0 Å². The molecule has 4 bridgehead atoms. The molecule has 3 aromatic carbocycles. The lowest BCUT2D eigenvalue weighted by Gasteiger charge is -2.71. The zero-order valence-corrected chi connectivity index (χ0v) is 35.9. The molecule has 7 heteroatoms. The Labute approximate surface area is 352 Å². The first-order valence-corrected chi connectivity index (χ1v) is 23.3. The van der Waals surface area contributed by atoms with Crippen molar-refractivity contribution >= 4 is 44.1 Å². The smallest absolute Gasteiger partial charge is 0.410 e. The molecule has 6 nitrogen and oxygen atoms in total. The number of aliphatic hydroxyl groups is 2. The topological polar surface area (TPSA) is 87.1 Å². The van der Waals surface area contributed by atoms with Crippen LogP contribution in [0.25, 0.3) is 20.9 Å². The van der Waals surface area contributed by atoms with Crippen molar-refractivity contribution in [3.63, 3.8) is 0 Å². The van der Waals surface area contributed by atoms with Crippen LogP contribution in [0.5, 0.6) is 5.75 Å². The molecule has 1 amide bonds. The third-order valence-electron chi connectivity index (χ3n) is 18.7. The summed E-state index contributed by atoms with van der Waals surface area (Å²) in [7, 11) is 0. The van der Waals surface area contributed by atoms with Crippen LogP contribution in [-0.4, -0.2) is 51.8 Å². The van der Waals surface area contributed by atoms with Gasteiger partial charge in [-0.3, -0.25) is 4.79 Å². The van der Waals surface area contributed by atoms with Crippen molar-refractivity contribution in [3.05, 3.63) is 101 Å². The van der Waals surface area contributed by atoms with Crippen LogP contribution in [0.1, 0.15) is 102 Å². The first-order valence-electron chi connectivity index (χ1n) is 22.5. The van der Waals surface area contributed by atoms with E-state index in [1.165, 1.54) is 12.8 Å². The van der Waals surface area contributed by atoms with Crippen molar-refractivity contribution < 1.29 is 24.5 Å². The molecule has 6 saturated carbocycles. The fraction of sp³-hybridized carbons (Fsp3) is 0.538. The standard InChI is InChI=1S/C52H59NO5S/c1-47(2)36-15-13-35(39(47)27-36)30-53(46(56)58-38-16-14-32-9-5-6-10-33(32)25-38)31-51(57)22-19-44-49(51,4)21-18-43-48(3)20-17-37(54)28-50(48)23-24-52(43,44)40(29-50)45(55)42-26-34-11-7-8-12-41(34)59-42/h5-12,14,16,23-26,29,35-37,39,43-44,54,57H,13,15,17-22,27-28,30-31H2,1-4H3/t35-,36-,37?,39-,43+,44+,48+,49-,50-,51+,52+/m0/s1. The summed E-state index contributed by atoms with van der Waals surface area (Å²) >= 11 is 1.57. The molecular weight excluding hydrogens is 751 g/mol. The summed E-state index contributed by atoms with van der Waals surface area (Å²) in [5.74, 6) is 2.47. The van der Waals surface area contributed by atoms with E-state index in [0.717, 1.165) is 75.8 Å². The van der Waals surface area contributed by atoms with Crippen molar-refractivity contribution in [2.45, 2.75) is 104 Å². The van der Waals surface area contributed by atoms with E-state index in [0.29, 0.717) is 37.0 Å². The Hall–Kier alpha value is -3.78. The second-order valence-electron chi connectivity index (χ2n) is 21.2. The highest BCUT2D eigenvalue weighted by Crippen LogP contribution is 2.78. The molecule has 1 aromatic heterocycles. The first-order chi connectivity index (χ1) is 28.2. The minimum atomic E-state index is -1.18. The molecule has 0 saturated heterocycles. The maximum atomic E-state index is 15.3. The Kier molecular flexibility index (Phi) is 8.33. The number of hydrogen-bond donors (Lipinski definition) is 2. The summed E-state index contributed by atoms with van der Waals surface area (Å²) in [5, 5.41) is 27.8. The van der Waals surface area contributed by atoms with E-state index in [1.807, 2.05) is 53.4 Å². The molecule has 59 heavy (non-hydrogen) atoms. The molecule has 308 valence electrons. The van der Waals surface area contributed by atoms with Gasteiger partial charge in [0.2, 0.25) is 0 Å². The lowest BCUT2D eigenvalue weighted by molar-refractivity contribution is -0.176. The molecule has 9 aliphatic rings. The van der Waals surface area contributed by atoms with Gasteiger partial charge in [0.1, 0.15) is 5.75 Å². The zero-order valence-electron chi connectivity index (χ0n) is 35.1. The van der Waals surface area contributed by atoms with E-state index in [9.17, 15) is 15.0 Å². The zero-order chi connectivity index (χ0) is 40.7. The number of thiophene rings is 1. The summed E-state index contributed by atoms with van der Waals surface area (Å²) in [6.45, 7) is 10.3. The monoisotopic (exact) mass is 809 g/mol. The van der Waals surface area contributed by atoms with Gasteiger partial charge in [-0.05, 0) is 145 Å². The SMILES string of the molecule is CC1(C)[C@H]2CC[C@@H](CN(C[C@]3(O)CC[C@H]4[C@]56C=C[C@@]7(C=C5C(=O)c5cc8ccccc8s5)CC(O)CC[C@]7(C)[C@H]6CC[C@@]43C)C(=O)Oc3ccc4ccccc4c3)[C@@H]1C2. The summed E-state index contributed by atoms with van der Waals surface area (Å²) in [6.07, 6.45) is 15.1. The third-order valence-corrected chi connectivity index (χ3v) is 19.8. The van der Waals surface area contributed by atoms with E-state index < -0.39 is 22.5 Å². The Morgan fingerprint density at radius 2 is 1.54 bits per heavy atom. The predicted molar refractivity (Wildman–Crippen MR) is 234 cm³/mol. The van der Waals surface area contributed by atoms with Gasteiger partial charge >= 0.3 is 6.09 Å². The molecule has 2 spiro atoms. The molecule has 6 fully saturated rings. The molecular formula is C52H59NO5S. The summed E-state index contributed by atoms with van der Waals surface area (Å²) in [6, 6.07) is 24.3. The molecule has 9 aliphatic carbocycles. The number of carbonyl (C=O) groups is 2. The summed E-state index contributed by atoms with van der Waals surface area (Å²) < 4.78 is 7.39. The largest absolute Gasteiger partial charge is 0.415 e. The van der Waals surface area contributed by atoms with Gasteiger partial charge in [0.05, 0.1) is 23.1 Å². The number of ether oxygens (including phenoxy) is 1. The molecule has 1 heterocycles. The number of rotatable bonds is 7. The quantitative estimate of drug-likeness (QED) is 0.143. The van der Waals surface area contributed by atoms with Gasteiger partial charge in [-0.2, -0.15) is 0 Å². The minimum absolute atomic E-state index is 0.000848. The average Bonchev–Trinajstić information content (AvgIpc) is 3.78. The third kappa shape index (κ3) is 5.22. The molecule has 4 aromatic rings. The number of ketones is 1. The number of carbonyl (C=O) groups excluding carboxylic acids is 2. The van der Waals surface area contributed by atoms with E-state index in [4.69, 9.17) is 4.74 Å². The number of hydrogen-bond acceptors (Lipinski definition) is 6. The van der Waals surface area contributed by atoms with Gasteiger partial charge < -0.3 is 19.8 Å². The first kappa shape index (κ1) is 38.2. The Balaban J connectivity index is 0.968. The van der Waals surface area contributed by atoms with Crippen LogP contribution in [0.4, 0.5) is 4.79 Å². The minimum Gasteiger partial charge on any atom is -0.410 e. The normalized spacial score (nSPS) is 39.8. The highest BCUT2D eigenvalue weighted by Gasteiger charge is 2.74. The molecule has 13 rings (SSSR count). The number of fused-ring (bicyclic) bond motifs is 5. The van der Waals surface area contributed by atoms with Crippen molar-refractivity contribution in [1.29, 1.82) is 0 Å². The number of allylic oxidation sites excluding steroid dienone is 4. The van der Waals surface area contributed by atoms with Crippen LogP contribution in [0.2, 0.25) is 0 Å². The molecule has 2 N–H and O–H groups in total. The lowest BCUT2D eigenvalue weighted by Crippen LogP contribution is -2.67. The second-order valence-corrected chi connectivity index (χ2v) is 22.3. The van der Waals surface area contributed by atoms with Gasteiger partial charge in [0.15, 0.2) is 5.78 Å². The number of Topliss-reactive ketones (excluding diaryl/α,β-unsaturated/α-hetero) is 1. The molecule has 0 aliphatic heterocycles. The maximum Gasteiger partial charge on any atom is 0.415 e. The maximum absolute atomic E-state index is 15.3.